The molecule has 2 N–H and O–H groups in total. The van der Waals surface area contributed by atoms with Gasteiger partial charge in [-0.05, 0) is 19.4 Å². The van der Waals surface area contributed by atoms with E-state index in [-0.39, 0.29) is 0 Å². The number of nitrogens with one attached hydrogen (secondary N) is 1. The average Bonchev–Trinajstić information content (AvgIpc) is 2.50. The van der Waals surface area contributed by atoms with Gasteiger partial charge in [0.25, 0.3) is 0 Å². The number of carbonyl (C=O) groups is 1. The number of ether oxygens (including phenoxy) is 1. The predicted octanol–water partition coefficient (Wildman–Crippen LogP) is 0.0763. The Hall–Kier alpha value is -0.810. The second kappa shape index (κ2) is 3.16. The van der Waals surface area contributed by atoms with Crippen LogP contribution in [-0.2, 0) is 4.74 Å². The van der Waals surface area contributed by atoms with Crippen LogP contribution in [0.4, 0.5) is 4.79 Å². The maximum atomic E-state index is 10.9. The van der Waals surface area contributed by atoms with E-state index >= 15 is 0 Å². The first-order valence-electron chi connectivity index (χ1n) is 4.60. The Morgan fingerprint density at radius 2 is 2.46 bits per heavy atom. The normalized spacial score (nSPS) is 34.0. The smallest absolute Gasteiger partial charge is 0.409 e. The molecule has 1 unspecified atom stereocenters. The van der Waals surface area contributed by atoms with Gasteiger partial charge in [-0.2, -0.15) is 0 Å². The van der Waals surface area contributed by atoms with E-state index in [0.717, 1.165) is 19.4 Å². The van der Waals surface area contributed by atoms with Crippen LogP contribution < -0.4 is 5.32 Å². The molecule has 1 atom stereocenters. The Morgan fingerprint density at radius 3 is 3.08 bits per heavy atom. The van der Waals surface area contributed by atoms with Gasteiger partial charge in [-0.15, -0.1) is 0 Å². The van der Waals surface area contributed by atoms with E-state index in [1.165, 1.54) is 4.90 Å². The lowest BCUT2D eigenvalue weighted by Gasteiger charge is -2.38. The number of hydrogen-bond acceptors (Lipinski definition) is 3. The van der Waals surface area contributed by atoms with Crippen molar-refractivity contribution in [2.75, 3.05) is 26.2 Å². The van der Waals surface area contributed by atoms with Crippen LogP contribution in [0.25, 0.3) is 0 Å². The van der Waals surface area contributed by atoms with Gasteiger partial charge in [0.15, 0.2) is 5.72 Å². The molecule has 0 aromatic heterocycles. The molecule has 1 spiro atoms. The molecule has 74 valence electrons. The molecular weight excluding hydrogens is 172 g/mol. The first-order chi connectivity index (χ1) is 6.25. The molecule has 0 aromatic rings. The maximum absolute atomic E-state index is 10.9. The summed E-state index contributed by atoms with van der Waals surface area (Å²) in [5.74, 6) is 0. The quantitative estimate of drug-likeness (QED) is 0.562. The summed E-state index contributed by atoms with van der Waals surface area (Å²) >= 11 is 0. The van der Waals surface area contributed by atoms with E-state index in [1.807, 2.05) is 0 Å². The van der Waals surface area contributed by atoms with Crippen LogP contribution in [0.5, 0.6) is 0 Å². The average molecular weight is 186 g/mol. The Labute approximate surface area is 76.7 Å². The molecule has 1 amide bonds. The zero-order valence-corrected chi connectivity index (χ0v) is 7.45. The molecule has 0 aromatic carbocycles. The maximum Gasteiger partial charge on any atom is 0.409 e. The zero-order valence-electron chi connectivity index (χ0n) is 7.45. The summed E-state index contributed by atoms with van der Waals surface area (Å²) < 4.78 is 5.54. The molecule has 2 rings (SSSR count). The number of carboxylic acid groups (broad SMARTS) is 1. The van der Waals surface area contributed by atoms with Crippen LogP contribution in [0.2, 0.25) is 0 Å². The molecule has 13 heavy (non-hydrogen) atoms. The number of hydrogen-bond donors (Lipinski definition) is 2. The largest absolute Gasteiger partial charge is 0.465 e. The van der Waals surface area contributed by atoms with Gasteiger partial charge < -0.3 is 15.2 Å². The van der Waals surface area contributed by atoms with Crippen LogP contribution in [0.15, 0.2) is 0 Å². The van der Waals surface area contributed by atoms with E-state index in [9.17, 15) is 4.79 Å². The Kier molecular flexibility index (Phi) is 2.13. The first kappa shape index (κ1) is 8.77. The molecule has 0 saturated carbocycles. The van der Waals surface area contributed by atoms with Gasteiger partial charge in [0.05, 0.1) is 13.2 Å². The van der Waals surface area contributed by atoms with Crippen molar-refractivity contribution < 1.29 is 14.6 Å². The van der Waals surface area contributed by atoms with E-state index in [2.05, 4.69) is 5.32 Å². The van der Waals surface area contributed by atoms with Crippen molar-refractivity contribution in [3.63, 3.8) is 0 Å². The third-order valence-electron chi connectivity index (χ3n) is 2.73. The Bertz CT molecular complexity index is 213. The standard InChI is InChI=1S/C8H14N2O3/c11-7(12)10-4-5-13-8(10)2-1-3-9-6-8/h9H,1-6H2,(H,11,12). The van der Waals surface area contributed by atoms with Gasteiger partial charge in [0.2, 0.25) is 0 Å². The fourth-order valence-corrected chi connectivity index (χ4v) is 2.09. The molecule has 0 bridgehead atoms. The van der Waals surface area contributed by atoms with Gasteiger partial charge in [-0.25, -0.2) is 4.79 Å². The van der Waals surface area contributed by atoms with Crippen molar-refractivity contribution in [1.29, 1.82) is 0 Å². The fourth-order valence-electron chi connectivity index (χ4n) is 2.09. The molecule has 5 heteroatoms. The predicted molar refractivity (Wildman–Crippen MR) is 45.5 cm³/mol. The summed E-state index contributed by atoms with van der Waals surface area (Å²) in [5, 5.41) is 12.1. The second-order valence-electron chi connectivity index (χ2n) is 3.51. The van der Waals surface area contributed by atoms with Gasteiger partial charge >= 0.3 is 6.09 Å². The van der Waals surface area contributed by atoms with Crippen molar-refractivity contribution in [2.45, 2.75) is 18.6 Å². The van der Waals surface area contributed by atoms with E-state index in [4.69, 9.17) is 9.84 Å². The minimum Gasteiger partial charge on any atom is -0.465 e. The molecule has 2 aliphatic rings. The van der Waals surface area contributed by atoms with Crippen LogP contribution in [-0.4, -0.2) is 48.1 Å². The van der Waals surface area contributed by atoms with Crippen LogP contribution in [0.1, 0.15) is 12.8 Å². The topological polar surface area (TPSA) is 61.8 Å². The number of amides is 1. The minimum atomic E-state index is -0.874. The highest BCUT2D eigenvalue weighted by atomic mass is 16.5. The Morgan fingerprint density at radius 1 is 1.62 bits per heavy atom. The SMILES string of the molecule is O=C(O)N1CCOC12CCCNC2. The lowest BCUT2D eigenvalue weighted by molar-refractivity contribution is -0.0845. The molecule has 2 heterocycles. The highest BCUT2D eigenvalue weighted by molar-refractivity contribution is 5.66. The van der Waals surface area contributed by atoms with E-state index in [1.54, 1.807) is 0 Å². The number of nitrogens with zero attached hydrogens (tertiary/aromatic N) is 1. The highest BCUT2D eigenvalue weighted by Gasteiger charge is 2.45. The van der Waals surface area contributed by atoms with Gasteiger partial charge in [0, 0.05) is 6.54 Å². The highest BCUT2D eigenvalue weighted by Crippen LogP contribution is 2.29. The molecular formula is C8H14N2O3. The van der Waals surface area contributed by atoms with E-state index in [0.29, 0.717) is 19.7 Å². The van der Waals surface area contributed by atoms with Crippen LogP contribution in [0, 0.1) is 0 Å². The van der Waals surface area contributed by atoms with Crippen molar-refractivity contribution in [1.82, 2.24) is 10.2 Å². The summed E-state index contributed by atoms with van der Waals surface area (Å²) in [6.45, 7) is 2.60. The summed E-state index contributed by atoms with van der Waals surface area (Å²) in [5.41, 5.74) is -0.565. The lowest BCUT2D eigenvalue weighted by atomic mass is 10.0. The van der Waals surface area contributed by atoms with Crippen molar-refractivity contribution >= 4 is 6.09 Å². The Balaban J connectivity index is 2.13. The summed E-state index contributed by atoms with van der Waals surface area (Å²) in [7, 11) is 0. The molecule has 2 saturated heterocycles. The second-order valence-corrected chi connectivity index (χ2v) is 3.51. The zero-order chi connectivity index (χ0) is 9.31. The molecule has 2 fully saturated rings. The van der Waals surface area contributed by atoms with Crippen LogP contribution >= 0.6 is 0 Å². The molecule has 0 radical (unpaired) electrons. The lowest BCUT2D eigenvalue weighted by Crippen LogP contribution is -2.56. The first-order valence-corrected chi connectivity index (χ1v) is 4.60. The molecule has 0 aliphatic carbocycles. The third kappa shape index (κ3) is 1.38. The van der Waals surface area contributed by atoms with Crippen LogP contribution in [0.3, 0.4) is 0 Å². The van der Waals surface area contributed by atoms with Crippen molar-refractivity contribution in [3.05, 3.63) is 0 Å². The summed E-state index contributed by atoms with van der Waals surface area (Å²) in [6, 6.07) is 0. The van der Waals surface area contributed by atoms with Gasteiger partial charge in [-0.1, -0.05) is 0 Å². The molecule has 2 aliphatic heterocycles. The van der Waals surface area contributed by atoms with E-state index < -0.39 is 11.8 Å². The number of rotatable bonds is 0. The monoisotopic (exact) mass is 186 g/mol. The summed E-state index contributed by atoms with van der Waals surface area (Å²) in [4.78, 5) is 12.3. The minimum absolute atomic E-state index is 0.497. The van der Waals surface area contributed by atoms with Gasteiger partial charge in [0.1, 0.15) is 0 Å². The van der Waals surface area contributed by atoms with Crippen molar-refractivity contribution in [3.8, 4) is 0 Å². The third-order valence-corrected chi connectivity index (χ3v) is 2.73. The van der Waals surface area contributed by atoms with Gasteiger partial charge in [-0.3, -0.25) is 4.90 Å². The number of piperidine rings is 1. The fraction of sp³-hybridized carbons (Fsp3) is 0.875. The summed E-state index contributed by atoms with van der Waals surface area (Å²) in [6.07, 6.45) is 0.914. The van der Waals surface area contributed by atoms with Crippen molar-refractivity contribution in [2.24, 2.45) is 0 Å². The molecule has 5 nitrogen and oxygen atoms in total.